The highest BCUT2D eigenvalue weighted by molar-refractivity contribution is 7.99. The summed E-state index contributed by atoms with van der Waals surface area (Å²) < 4.78 is 0. The number of rotatable bonds is 7. The second kappa shape index (κ2) is 9.18. The molecule has 0 heterocycles. The summed E-state index contributed by atoms with van der Waals surface area (Å²) in [5.41, 5.74) is 0.727. The van der Waals surface area contributed by atoms with E-state index in [1.165, 1.54) is 0 Å². The van der Waals surface area contributed by atoms with Crippen molar-refractivity contribution in [2.45, 2.75) is 17.4 Å². The third-order valence-electron chi connectivity index (χ3n) is 3.16. The van der Waals surface area contributed by atoms with E-state index in [1.807, 2.05) is 24.3 Å². The summed E-state index contributed by atoms with van der Waals surface area (Å²) in [6.45, 7) is 0.187. The van der Waals surface area contributed by atoms with Gasteiger partial charge < -0.3 is 10.4 Å². The second-order valence-corrected chi connectivity index (χ2v) is 6.97. The first kappa shape index (κ1) is 18.1. The van der Waals surface area contributed by atoms with Crippen molar-refractivity contribution < 1.29 is 9.90 Å². The van der Waals surface area contributed by atoms with Gasteiger partial charge in [-0.2, -0.15) is 0 Å². The Morgan fingerprint density at radius 3 is 2.22 bits per heavy atom. The topological polar surface area (TPSA) is 49.3 Å². The monoisotopic (exact) mass is 369 g/mol. The Morgan fingerprint density at radius 2 is 1.61 bits per heavy atom. The van der Waals surface area contributed by atoms with Crippen molar-refractivity contribution in [2.24, 2.45) is 0 Å². The fraction of sp³-hybridized carbons (Fsp3) is 0.235. The van der Waals surface area contributed by atoms with E-state index in [0.717, 1.165) is 10.5 Å². The molecule has 0 spiro atoms. The number of hydrogen-bond acceptors (Lipinski definition) is 3. The number of amides is 1. The van der Waals surface area contributed by atoms with E-state index in [0.29, 0.717) is 22.2 Å². The molecule has 0 saturated carbocycles. The number of aliphatic hydroxyl groups is 1. The van der Waals surface area contributed by atoms with Gasteiger partial charge in [-0.3, -0.25) is 4.79 Å². The summed E-state index contributed by atoms with van der Waals surface area (Å²) in [7, 11) is 0. The van der Waals surface area contributed by atoms with Crippen molar-refractivity contribution in [2.75, 3.05) is 12.3 Å². The lowest BCUT2D eigenvalue weighted by molar-refractivity contribution is -0.121. The molecule has 2 rings (SSSR count). The highest BCUT2D eigenvalue weighted by atomic mass is 35.5. The van der Waals surface area contributed by atoms with Gasteiger partial charge in [0.1, 0.15) is 0 Å². The first-order chi connectivity index (χ1) is 11.0. The van der Waals surface area contributed by atoms with Gasteiger partial charge in [0.25, 0.3) is 0 Å². The van der Waals surface area contributed by atoms with Crippen LogP contribution in [0.15, 0.2) is 53.4 Å². The lowest BCUT2D eigenvalue weighted by Gasteiger charge is -2.12. The van der Waals surface area contributed by atoms with E-state index in [-0.39, 0.29) is 12.5 Å². The highest BCUT2D eigenvalue weighted by Crippen LogP contribution is 2.21. The van der Waals surface area contributed by atoms with Crippen LogP contribution in [-0.4, -0.2) is 23.3 Å². The van der Waals surface area contributed by atoms with Gasteiger partial charge in [0.05, 0.1) is 6.10 Å². The molecule has 23 heavy (non-hydrogen) atoms. The number of benzene rings is 2. The first-order valence-corrected chi connectivity index (χ1v) is 8.87. The second-order valence-electron chi connectivity index (χ2n) is 4.92. The zero-order valence-corrected chi connectivity index (χ0v) is 14.7. The molecule has 6 heteroatoms. The first-order valence-electron chi connectivity index (χ1n) is 7.13. The summed E-state index contributed by atoms with van der Waals surface area (Å²) in [6, 6.07) is 14.4. The van der Waals surface area contributed by atoms with E-state index < -0.39 is 6.10 Å². The van der Waals surface area contributed by atoms with Crippen LogP contribution in [0.4, 0.5) is 0 Å². The van der Waals surface area contributed by atoms with Gasteiger partial charge >= 0.3 is 0 Å². The molecule has 2 N–H and O–H groups in total. The molecule has 0 saturated heterocycles. The van der Waals surface area contributed by atoms with Crippen molar-refractivity contribution in [1.29, 1.82) is 0 Å². The Kier molecular flexibility index (Phi) is 7.24. The van der Waals surface area contributed by atoms with Crippen LogP contribution in [0, 0.1) is 0 Å². The third kappa shape index (κ3) is 6.43. The van der Waals surface area contributed by atoms with Crippen molar-refractivity contribution in [3.05, 3.63) is 64.1 Å². The van der Waals surface area contributed by atoms with Gasteiger partial charge in [0.2, 0.25) is 5.91 Å². The average molecular weight is 370 g/mol. The van der Waals surface area contributed by atoms with Gasteiger partial charge in [0.15, 0.2) is 0 Å². The van der Waals surface area contributed by atoms with E-state index >= 15 is 0 Å². The molecule has 122 valence electrons. The minimum Gasteiger partial charge on any atom is -0.387 e. The van der Waals surface area contributed by atoms with Gasteiger partial charge in [-0.15, -0.1) is 11.8 Å². The van der Waals surface area contributed by atoms with E-state index in [9.17, 15) is 9.90 Å². The lowest BCUT2D eigenvalue weighted by atomic mass is 10.1. The molecule has 0 aliphatic heterocycles. The molecule has 1 unspecified atom stereocenters. The van der Waals surface area contributed by atoms with Crippen molar-refractivity contribution in [3.8, 4) is 0 Å². The largest absolute Gasteiger partial charge is 0.387 e. The molecule has 1 atom stereocenters. The van der Waals surface area contributed by atoms with Crippen molar-refractivity contribution in [3.63, 3.8) is 0 Å². The van der Waals surface area contributed by atoms with Crippen molar-refractivity contribution >= 4 is 40.9 Å². The standard InChI is InChI=1S/C17H17Cl2NO2S/c18-13-3-1-12(2-4-13)16(21)11-20-17(22)9-10-23-15-7-5-14(19)6-8-15/h1-8,16,21H,9-11H2,(H,20,22). The van der Waals surface area contributed by atoms with Crippen LogP contribution in [0.1, 0.15) is 18.1 Å². The molecule has 2 aromatic rings. The molecule has 0 fully saturated rings. The minimum absolute atomic E-state index is 0.0838. The van der Waals surface area contributed by atoms with Crippen LogP contribution in [0.5, 0.6) is 0 Å². The van der Waals surface area contributed by atoms with Crippen LogP contribution in [0.2, 0.25) is 10.0 Å². The summed E-state index contributed by atoms with van der Waals surface area (Å²) in [4.78, 5) is 12.9. The maximum atomic E-state index is 11.8. The SMILES string of the molecule is O=C(CCSc1ccc(Cl)cc1)NCC(O)c1ccc(Cl)cc1. The molecule has 0 radical (unpaired) electrons. The number of nitrogens with one attached hydrogen (secondary N) is 1. The Morgan fingerprint density at radius 1 is 1.04 bits per heavy atom. The highest BCUT2D eigenvalue weighted by Gasteiger charge is 2.09. The zero-order chi connectivity index (χ0) is 16.7. The van der Waals surface area contributed by atoms with Gasteiger partial charge in [0, 0.05) is 33.7 Å². The van der Waals surface area contributed by atoms with Gasteiger partial charge in [-0.05, 0) is 42.0 Å². The molecular weight excluding hydrogens is 353 g/mol. The summed E-state index contributed by atoms with van der Waals surface area (Å²) in [5, 5.41) is 14.1. The fourth-order valence-corrected chi connectivity index (χ4v) is 3.00. The Balaban J connectivity index is 1.68. The molecule has 0 bridgehead atoms. The maximum absolute atomic E-state index is 11.8. The van der Waals surface area contributed by atoms with Crippen LogP contribution >= 0.6 is 35.0 Å². The Bertz CT molecular complexity index is 632. The number of halogens is 2. The summed E-state index contributed by atoms with van der Waals surface area (Å²) >= 11 is 13.2. The van der Waals surface area contributed by atoms with Crippen LogP contribution < -0.4 is 5.32 Å². The zero-order valence-electron chi connectivity index (χ0n) is 12.3. The summed E-state index contributed by atoms with van der Waals surface area (Å²) in [6.07, 6.45) is -0.346. The van der Waals surface area contributed by atoms with Gasteiger partial charge in [-0.1, -0.05) is 35.3 Å². The molecule has 0 aromatic heterocycles. The van der Waals surface area contributed by atoms with E-state index in [4.69, 9.17) is 23.2 Å². The van der Waals surface area contributed by atoms with Crippen molar-refractivity contribution in [1.82, 2.24) is 5.32 Å². The minimum atomic E-state index is -0.736. The maximum Gasteiger partial charge on any atom is 0.220 e. The quantitative estimate of drug-likeness (QED) is 0.714. The molecular formula is C17H17Cl2NO2S. The van der Waals surface area contributed by atoms with Crippen LogP contribution in [0.25, 0.3) is 0 Å². The Hall–Kier alpha value is -1.20. The molecule has 0 aliphatic carbocycles. The van der Waals surface area contributed by atoms with Crippen LogP contribution in [-0.2, 0) is 4.79 Å². The normalized spacial score (nSPS) is 12.0. The van der Waals surface area contributed by atoms with E-state index in [2.05, 4.69) is 5.32 Å². The predicted octanol–water partition coefficient (Wildman–Crippen LogP) is 4.33. The van der Waals surface area contributed by atoms with Gasteiger partial charge in [-0.25, -0.2) is 0 Å². The summed E-state index contributed by atoms with van der Waals surface area (Å²) in [5.74, 6) is 0.587. The number of carbonyl (C=O) groups excluding carboxylic acids is 1. The molecule has 2 aromatic carbocycles. The lowest BCUT2D eigenvalue weighted by Crippen LogP contribution is -2.28. The fourth-order valence-electron chi connectivity index (χ4n) is 1.89. The third-order valence-corrected chi connectivity index (χ3v) is 4.68. The molecule has 0 aliphatic rings. The Labute approximate surface area is 150 Å². The van der Waals surface area contributed by atoms with Crippen LogP contribution in [0.3, 0.4) is 0 Å². The van der Waals surface area contributed by atoms with E-state index in [1.54, 1.807) is 36.0 Å². The average Bonchev–Trinajstić information content (AvgIpc) is 2.55. The predicted molar refractivity (Wildman–Crippen MR) is 96.2 cm³/mol. The molecule has 1 amide bonds. The smallest absolute Gasteiger partial charge is 0.220 e. The number of carbonyl (C=O) groups is 1. The number of hydrogen-bond donors (Lipinski definition) is 2. The number of thioether (sulfide) groups is 1. The number of aliphatic hydroxyl groups excluding tert-OH is 1. The molecule has 3 nitrogen and oxygen atoms in total.